The second-order valence-corrected chi connectivity index (χ2v) is 7.81. The molecule has 1 saturated heterocycles. The summed E-state index contributed by atoms with van der Waals surface area (Å²) in [6.45, 7) is 0.844. The summed E-state index contributed by atoms with van der Waals surface area (Å²) in [6.07, 6.45) is 3.61. The lowest BCUT2D eigenvalue weighted by Gasteiger charge is -2.26. The quantitative estimate of drug-likeness (QED) is 0.653. The fourth-order valence-corrected chi connectivity index (χ4v) is 5.23. The lowest BCUT2D eigenvalue weighted by molar-refractivity contribution is 0.0135. The van der Waals surface area contributed by atoms with Crippen molar-refractivity contribution in [3.8, 4) is 0 Å². The van der Waals surface area contributed by atoms with E-state index in [1.807, 2.05) is 0 Å². The fraction of sp³-hybridized carbons (Fsp3) is 0.600. The molecular weight excluding hydrogens is 363 g/mol. The van der Waals surface area contributed by atoms with E-state index in [1.54, 1.807) is 11.3 Å². The second kappa shape index (κ2) is 5.50. The third kappa shape index (κ3) is 2.97. The Morgan fingerprint density at radius 3 is 2.80 bits per heavy atom. The Labute approximate surface area is 115 Å². The molecule has 1 aromatic heterocycles. The van der Waals surface area contributed by atoms with Crippen molar-refractivity contribution in [1.82, 2.24) is 0 Å². The summed E-state index contributed by atoms with van der Waals surface area (Å²) in [4.78, 5) is 0. The zero-order valence-electron chi connectivity index (χ0n) is 8.01. The second-order valence-electron chi connectivity index (χ2n) is 3.59. The van der Waals surface area contributed by atoms with Crippen molar-refractivity contribution < 1.29 is 4.74 Å². The molecule has 0 spiro atoms. The lowest BCUT2D eigenvalue weighted by atomic mass is 10.0. The van der Waals surface area contributed by atoms with Gasteiger partial charge in [0.2, 0.25) is 0 Å². The number of alkyl halides is 1. The average Bonchev–Trinajstić information content (AvgIpc) is 2.58. The summed E-state index contributed by atoms with van der Waals surface area (Å²) in [5.41, 5.74) is 1.14. The highest BCUT2D eigenvalue weighted by atomic mass is 79.9. The van der Waals surface area contributed by atoms with Crippen LogP contribution < -0.4 is 0 Å². The Morgan fingerprint density at radius 2 is 2.27 bits per heavy atom. The van der Waals surface area contributed by atoms with Crippen LogP contribution in [0.3, 0.4) is 0 Å². The number of thiophene rings is 1. The molecule has 0 bridgehead atoms. The Bertz CT molecular complexity index is 336. The monoisotopic (exact) mass is 372 g/mol. The van der Waals surface area contributed by atoms with Gasteiger partial charge in [-0.15, -0.1) is 22.9 Å². The van der Waals surface area contributed by atoms with E-state index >= 15 is 0 Å². The van der Waals surface area contributed by atoms with Crippen molar-refractivity contribution in [3.05, 3.63) is 19.2 Å². The van der Waals surface area contributed by atoms with Crippen LogP contribution in [0.5, 0.6) is 0 Å². The maximum Gasteiger partial charge on any atom is 0.0866 e. The number of rotatable bonds is 2. The largest absolute Gasteiger partial charge is 0.376 e. The van der Waals surface area contributed by atoms with Crippen molar-refractivity contribution >= 4 is 54.8 Å². The van der Waals surface area contributed by atoms with E-state index < -0.39 is 0 Å². The van der Waals surface area contributed by atoms with Gasteiger partial charge in [0.25, 0.3) is 0 Å². The van der Waals surface area contributed by atoms with Crippen molar-refractivity contribution in [1.29, 1.82) is 0 Å². The normalized spacial score (nSPS) is 24.1. The van der Waals surface area contributed by atoms with E-state index in [0.717, 1.165) is 32.6 Å². The van der Waals surface area contributed by atoms with Crippen LogP contribution >= 0.6 is 54.8 Å². The van der Waals surface area contributed by atoms with Gasteiger partial charge in [-0.3, -0.25) is 0 Å². The predicted molar refractivity (Wildman–Crippen MR) is 71.9 cm³/mol. The lowest BCUT2D eigenvalue weighted by Crippen LogP contribution is -2.23. The minimum absolute atomic E-state index is 0.0396. The van der Waals surface area contributed by atoms with Gasteiger partial charge in [-0.05, 0) is 62.8 Å². The van der Waals surface area contributed by atoms with Crippen LogP contribution in [0.15, 0.2) is 13.6 Å². The van der Waals surface area contributed by atoms with Crippen LogP contribution in [-0.2, 0) is 4.74 Å². The average molecular weight is 375 g/mol. The van der Waals surface area contributed by atoms with Crippen LogP contribution in [0, 0.1) is 0 Å². The molecule has 84 valence electrons. The van der Waals surface area contributed by atoms with E-state index in [4.69, 9.17) is 16.3 Å². The van der Waals surface area contributed by atoms with Gasteiger partial charge >= 0.3 is 0 Å². The Morgan fingerprint density at radius 1 is 1.47 bits per heavy atom. The van der Waals surface area contributed by atoms with Crippen molar-refractivity contribution in [3.63, 3.8) is 0 Å². The molecule has 0 aromatic carbocycles. The molecule has 0 N–H and O–H groups in total. The van der Waals surface area contributed by atoms with E-state index in [9.17, 15) is 0 Å². The molecule has 1 nitrogen and oxygen atoms in total. The first-order chi connectivity index (χ1) is 7.18. The fourth-order valence-electron chi connectivity index (χ4n) is 1.74. The van der Waals surface area contributed by atoms with E-state index in [0.29, 0.717) is 0 Å². The number of halogens is 3. The van der Waals surface area contributed by atoms with E-state index in [2.05, 4.69) is 37.9 Å². The SMILES string of the molecule is ClC(c1cc(Br)sc1Br)C1CCCCO1. The van der Waals surface area contributed by atoms with Crippen LogP contribution in [0.2, 0.25) is 0 Å². The summed E-state index contributed by atoms with van der Waals surface area (Å²) in [6, 6.07) is 2.07. The first-order valence-corrected chi connectivity index (χ1v) is 7.73. The van der Waals surface area contributed by atoms with Gasteiger partial charge in [-0.25, -0.2) is 0 Å². The molecule has 0 amide bonds. The molecule has 15 heavy (non-hydrogen) atoms. The van der Waals surface area contributed by atoms with Crippen molar-refractivity contribution in [2.24, 2.45) is 0 Å². The van der Waals surface area contributed by atoms with Gasteiger partial charge in [0.05, 0.1) is 19.1 Å². The molecular formula is C10H11Br2ClOS. The molecule has 2 heterocycles. The number of hydrogen-bond donors (Lipinski definition) is 0. The molecule has 0 saturated carbocycles. The van der Waals surface area contributed by atoms with Crippen molar-refractivity contribution in [2.75, 3.05) is 6.61 Å². The molecule has 2 unspecified atom stereocenters. The third-order valence-electron chi connectivity index (χ3n) is 2.52. The Hall–Kier alpha value is 0.910. The molecule has 1 fully saturated rings. The van der Waals surface area contributed by atoms with Crippen LogP contribution in [0.1, 0.15) is 30.2 Å². The van der Waals surface area contributed by atoms with Gasteiger partial charge in [-0.1, -0.05) is 0 Å². The minimum atomic E-state index is -0.0396. The van der Waals surface area contributed by atoms with Crippen molar-refractivity contribution in [2.45, 2.75) is 30.7 Å². The highest BCUT2D eigenvalue weighted by molar-refractivity contribution is 9.12. The van der Waals surface area contributed by atoms with Crippen LogP contribution in [-0.4, -0.2) is 12.7 Å². The topological polar surface area (TPSA) is 9.23 Å². The molecule has 1 aliphatic heterocycles. The molecule has 2 atom stereocenters. The zero-order valence-corrected chi connectivity index (χ0v) is 12.8. The molecule has 5 heteroatoms. The van der Waals surface area contributed by atoms with E-state index in [1.165, 1.54) is 6.42 Å². The van der Waals surface area contributed by atoms with Gasteiger partial charge in [0, 0.05) is 6.61 Å². The Balaban J connectivity index is 2.12. The summed E-state index contributed by atoms with van der Waals surface area (Å²) in [5.74, 6) is 0. The number of ether oxygens (including phenoxy) is 1. The smallest absolute Gasteiger partial charge is 0.0866 e. The maximum atomic E-state index is 6.43. The molecule has 0 aliphatic carbocycles. The van der Waals surface area contributed by atoms with Crippen LogP contribution in [0.25, 0.3) is 0 Å². The Kier molecular flexibility index (Phi) is 4.53. The van der Waals surface area contributed by atoms with Gasteiger partial charge < -0.3 is 4.74 Å². The number of hydrogen-bond acceptors (Lipinski definition) is 2. The zero-order chi connectivity index (χ0) is 10.8. The standard InChI is InChI=1S/C10H11Br2ClOS/c11-8-5-6(10(12)15-8)9(13)7-3-1-2-4-14-7/h5,7,9H,1-4H2. The molecule has 1 aliphatic rings. The predicted octanol–water partition coefficient (Wildman–Crippen LogP) is 5.12. The van der Waals surface area contributed by atoms with Gasteiger partial charge in [0.1, 0.15) is 0 Å². The summed E-state index contributed by atoms with van der Waals surface area (Å²) >= 11 is 15.1. The van der Waals surface area contributed by atoms with Gasteiger partial charge in [-0.2, -0.15) is 0 Å². The first kappa shape index (κ1) is 12.4. The summed E-state index contributed by atoms with van der Waals surface area (Å²) in [5, 5.41) is -0.0396. The highest BCUT2D eigenvalue weighted by Crippen LogP contribution is 2.41. The third-order valence-corrected chi connectivity index (χ3v) is 5.42. The molecule has 0 radical (unpaired) electrons. The first-order valence-electron chi connectivity index (χ1n) is 4.89. The summed E-state index contributed by atoms with van der Waals surface area (Å²) < 4.78 is 7.90. The van der Waals surface area contributed by atoms with Gasteiger partial charge in [0.15, 0.2) is 0 Å². The summed E-state index contributed by atoms with van der Waals surface area (Å²) in [7, 11) is 0. The molecule has 2 rings (SSSR count). The minimum Gasteiger partial charge on any atom is -0.376 e. The highest BCUT2D eigenvalue weighted by Gasteiger charge is 2.26. The van der Waals surface area contributed by atoms with Crippen LogP contribution in [0.4, 0.5) is 0 Å². The maximum absolute atomic E-state index is 6.43. The molecule has 1 aromatic rings. The van der Waals surface area contributed by atoms with E-state index in [-0.39, 0.29) is 11.5 Å².